The summed E-state index contributed by atoms with van der Waals surface area (Å²) in [5.74, 6) is 0.899. The molecular formula is C22H23F3N8O2. The first-order chi connectivity index (χ1) is 16.8. The average molecular weight is 488 g/mol. The van der Waals surface area contributed by atoms with Gasteiger partial charge in [0.15, 0.2) is 0 Å². The fourth-order valence-electron chi connectivity index (χ4n) is 4.46. The van der Waals surface area contributed by atoms with Crippen LogP contribution in [-0.4, -0.2) is 72.7 Å². The van der Waals surface area contributed by atoms with Crippen LogP contribution in [-0.2, 0) is 6.18 Å². The second kappa shape index (κ2) is 9.04. The van der Waals surface area contributed by atoms with Crippen LogP contribution >= 0.6 is 0 Å². The summed E-state index contributed by atoms with van der Waals surface area (Å²) in [7, 11) is 0. The van der Waals surface area contributed by atoms with Crippen molar-refractivity contribution in [3.63, 3.8) is 0 Å². The summed E-state index contributed by atoms with van der Waals surface area (Å²) in [5, 5.41) is 12.3. The molecule has 0 saturated carbocycles. The molecule has 1 saturated heterocycles. The van der Waals surface area contributed by atoms with E-state index in [0.29, 0.717) is 26.1 Å². The summed E-state index contributed by atoms with van der Waals surface area (Å²) < 4.78 is 40.2. The zero-order chi connectivity index (χ0) is 24.6. The molecule has 2 N–H and O–H groups in total. The van der Waals surface area contributed by atoms with Crippen molar-refractivity contribution in [2.45, 2.75) is 31.5 Å². The molecule has 1 unspecified atom stereocenters. The summed E-state index contributed by atoms with van der Waals surface area (Å²) in [4.78, 5) is 31.5. The number of carbonyl (C=O) groups is 1. The largest absolute Gasteiger partial charge is 0.465 e. The quantitative estimate of drug-likeness (QED) is 0.575. The molecule has 0 spiro atoms. The minimum atomic E-state index is -4.47. The lowest BCUT2D eigenvalue weighted by Gasteiger charge is -2.33. The second-order valence-corrected chi connectivity index (χ2v) is 8.52. The average Bonchev–Trinajstić information content (AvgIpc) is 3.28. The van der Waals surface area contributed by atoms with Crippen molar-refractivity contribution in [3.8, 4) is 0 Å². The number of rotatable bonds is 4. The molecular weight excluding hydrogens is 465 g/mol. The normalized spacial score (nSPS) is 19.1. The molecule has 0 radical (unpaired) electrons. The van der Waals surface area contributed by atoms with Crippen LogP contribution in [0.25, 0.3) is 11.1 Å². The Morgan fingerprint density at radius 1 is 1.11 bits per heavy atom. The van der Waals surface area contributed by atoms with Crippen LogP contribution in [0.3, 0.4) is 0 Å². The SMILES string of the molecule is O=C(O)N1CC=C(c2nccn3c(N4CCCC(Nc5ncc(C(F)(F)F)cn5)C4)ncc23)CC1. The summed E-state index contributed by atoms with van der Waals surface area (Å²) >= 11 is 0. The highest BCUT2D eigenvalue weighted by molar-refractivity contribution is 5.78. The smallest absolute Gasteiger partial charge is 0.419 e. The lowest BCUT2D eigenvalue weighted by atomic mass is 10.0. The van der Waals surface area contributed by atoms with Gasteiger partial charge in [0.2, 0.25) is 11.9 Å². The molecule has 0 aromatic carbocycles. The molecule has 1 amide bonds. The zero-order valence-corrected chi connectivity index (χ0v) is 18.6. The Balaban J connectivity index is 1.32. The molecule has 2 aliphatic rings. The Labute approximate surface area is 198 Å². The number of imidazole rings is 1. The molecule has 10 nitrogen and oxygen atoms in total. The van der Waals surface area contributed by atoms with Gasteiger partial charge in [-0.25, -0.2) is 19.7 Å². The molecule has 1 atom stereocenters. The van der Waals surface area contributed by atoms with Crippen LogP contribution < -0.4 is 10.2 Å². The number of fused-ring (bicyclic) bond motifs is 1. The molecule has 5 heterocycles. The highest BCUT2D eigenvalue weighted by Crippen LogP contribution is 2.29. The monoisotopic (exact) mass is 488 g/mol. The van der Waals surface area contributed by atoms with Crippen LogP contribution in [0.5, 0.6) is 0 Å². The fraction of sp³-hybridized carbons (Fsp3) is 0.409. The molecule has 13 heteroatoms. The highest BCUT2D eigenvalue weighted by Gasteiger charge is 2.31. The minimum Gasteiger partial charge on any atom is -0.465 e. The second-order valence-electron chi connectivity index (χ2n) is 8.52. The number of halogens is 3. The summed E-state index contributed by atoms with van der Waals surface area (Å²) in [6.45, 7) is 2.09. The van der Waals surface area contributed by atoms with Crippen molar-refractivity contribution in [1.82, 2.24) is 29.2 Å². The third-order valence-electron chi connectivity index (χ3n) is 6.24. The molecule has 2 aliphatic heterocycles. The van der Waals surface area contributed by atoms with Gasteiger partial charge >= 0.3 is 12.3 Å². The van der Waals surface area contributed by atoms with Gasteiger partial charge in [-0.05, 0) is 24.8 Å². The lowest BCUT2D eigenvalue weighted by molar-refractivity contribution is -0.138. The van der Waals surface area contributed by atoms with E-state index < -0.39 is 17.8 Å². The van der Waals surface area contributed by atoms with Gasteiger partial charge in [-0.3, -0.25) is 9.38 Å². The van der Waals surface area contributed by atoms with Crippen LogP contribution in [0.1, 0.15) is 30.5 Å². The van der Waals surface area contributed by atoms with E-state index in [2.05, 4.69) is 30.2 Å². The molecule has 5 rings (SSSR count). The number of hydrogen-bond donors (Lipinski definition) is 2. The first kappa shape index (κ1) is 22.9. The van der Waals surface area contributed by atoms with Crippen LogP contribution in [0.4, 0.5) is 29.9 Å². The Kier molecular flexibility index (Phi) is 5.91. The number of nitrogens with zero attached hydrogens (tertiary/aromatic N) is 7. The van der Waals surface area contributed by atoms with E-state index in [9.17, 15) is 23.1 Å². The molecule has 3 aromatic heterocycles. The van der Waals surface area contributed by atoms with E-state index in [4.69, 9.17) is 0 Å². The summed E-state index contributed by atoms with van der Waals surface area (Å²) in [6.07, 6.45) is 5.60. The first-order valence-corrected chi connectivity index (χ1v) is 11.2. The predicted octanol–water partition coefficient (Wildman–Crippen LogP) is 3.39. The maximum Gasteiger partial charge on any atom is 0.419 e. The van der Waals surface area contributed by atoms with Gasteiger partial charge in [0.05, 0.1) is 23.0 Å². The van der Waals surface area contributed by atoms with Gasteiger partial charge in [-0.1, -0.05) is 6.08 Å². The van der Waals surface area contributed by atoms with Gasteiger partial charge in [0.1, 0.15) is 0 Å². The maximum atomic E-state index is 12.8. The fourth-order valence-corrected chi connectivity index (χ4v) is 4.46. The number of alkyl halides is 3. The van der Waals surface area contributed by atoms with Gasteiger partial charge in [0, 0.05) is 57.0 Å². The minimum absolute atomic E-state index is 0.0581. The number of aromatic nitrogens is 5. The van der Waals surface area contributed by atoms with Crippen molar-refractivity contribution < 1.29 is 23.1 Å². The molecule has 3 aromatic rings. The van der Waals surface area contributed by atoms with E-state index in [-0.39, 0.29) is 12.0 Å². The molecule has 0 bridgehead atoms. The number of amides is 1. The number of hydrogen-bond acceptors (Lipinski definition) is 7. The van der Waals surface area contributed by atoms with Gasteiger partial charge < -0.3 is 20.2 Å². The number of anilines is 2. The van der Waals surface area contributed by atoms with Crippen molar-refractivity contribution >= 4 is 29.1 Å². The Morgan fingerprint density at radius 3 is 2.60 bits per heavy atom. The lowest BCUT2D eigenvalue weighted by Crippen LogP contribution is -2.43. The van der Waals surface area contributed by atoms with Crippen LogP contribution in [0, 0.1) is 0 Å². The molecule has 1 fully saturated rings. The molecule has 184 valence electrons. The third kappa shape index (κ3) is 4.70. The van der Waals surface area contributed by atoms with E-state index in [0.717, 1.165) is 54.5 Å². The van der Waals surface area contributed by atoms with Crippen LogP contribution in [0.2, 0.25) is 0 Å². The maximum absolute atomic E-state index is 12.8. The number of carboxylic acid groups (broad SMARTS) is 1. The Hall–Kier alpha value is -3.90. The molecule has 0 aliphatic carbocycles. The van der Waals surface area contributed by atoms with Gasteiger partial charge in [0.25, 0.3) is 0 Å². The predicted molar refractivity (Wildman–Crippen MR) is 121 cm³/mol. The first-order valence-electron chi connectivity index (χ1n) is 11.2. The summed E-state index contributed by atoms with van der Waals surface area (Å²) in [5.41, 5.74) is 1.71. The standard InChI is InChI=1S/C22H23F3N8O2/c23-22(24,25)15-10-27-19(28-11-15)30-16-2-1-6-32(13-16)20-29-12-17-18(26-5-9-33(17)20)14-3-7-31(8-4-14)21(34)35/h3,5,9-12,16H,1-2,4,6-8,13H2,(H,34,35)(H,27,28,30). The van der Waals surface area contributed by atoms with Crippen molar-refractivity contribution in [3.05, 3.63) is 48.3 Å². The van der Waals surface area contributed by atoms with Crippen molar-refractivity contribution in [2.75, 3.05) is 36.4 Å². The molecule has 35 heavy (non-hydrogen) atoms. The Morgan fingerprint density at radius 2 is 1.91 bits per heavy atom. The van der Waals surface area contributed by atoms with E-state index in [1.807, 2.05) is 16.7 Å². The van der Waals surface area contributed by atoms with Gasteiger partial charge in [-0.15, -0.1) is 0 Å². The third-order valence-corrected chi connectivity index (χ3v) is 6.24. The highest BCUT2D eigenvalue weighted by atomic mass is 19.4. The van der Waals surface area contributed by atoms with Crippen molar-refractivity contribution in [2.24, 2.45) is 0 Å². The van der Waals surface area contributed by atoms with E-state index in [1.54, 1.807) is 12.4 Å². The van der Waals surface area contributed by atoms with Crippen LogP contribution in [0.15, 0.2) is 37.1 Å². The van der Waals surface area contributed by atoms with Gasteiger partial charge in [-0.2, -0.15) is 13.2 Å². The topological polar surface area (TPSA) is 112 Å². The van der Waals surface area contributed by atoms with E-state index in [1.165, 1.54) is 4.90 Å². The van der Waals surface area contributed by atoms with Crippen molar-refractivity contribution in [1.29, 1.82) is 0 Å². The Bertz CT molecular complexity index is 1260. The summed E-state index contributed by atoms with van der Waals surface area (Å²) in [6, 6.07) is -0.0581. The number of piperidine rings is 1. The van der Waals surface area contributed by atoms with E-state index >= 15 is 0 Å². The number of nitrogens with one attached hydrogen (secondary N) is 1. The zero-order valence-electron chi connectivity index (χ0n) is 18.6.